The smallest absolute Gasteiger partial charge is 0.223 e. The van der Waals surface area contributed by atoms with E-state index in [-0.39, 0.29) is 5.95 Å². The molecule has 1 heterocycles. The van der Waals surface area contributed by atoms with Crippen molar-refractivity contribution in [1.82, 2.24) is 15.0 Å². The Morgan fingerprint density at radius 2 is 1.89 bits per heavy atom. The van der Waals surface area contributed by atoms with Crippen molar-refractivity contribution in [2.24, 2.45) is 0 Å². The van der Waals surface area contributed by atoms with Crippen molar-refractivity contribution < 1.29 is 4.74 Å². The molecule has 0 unspecified atom stereocenters. The van der Waals surface area contributed by atoms with Gasteiger partial charge in [0.2, 0.25) is 5.95 Å². The van der Waals surface area contributed by atoms with Gasteiger partial charge in [0.1, 0.15) is 11.6 Å². The lowest BCUT2D eigenvalue weighted by atomic mass is 10.1. The number of hydrogen-bond acceptors (Lipinski definition) is 5. The van der Waals surface area contributed by atoms with Crippen LogP contribution in [0.15, 0.2) is 12.1 Å². The quantitative estimate of drug-likeness (QED) is 0.902. The molecule has 0 bridgehead atoms. The topological polar surface area (TPSA) is 73.9 Å². The van der Waals surface area contributed by atoms with Crippen LogP contribution in [0.25, 0.3) is 11.4 Å². The second kappa shape index (κ2) is 4.78. The third kappa shape index (κ3) is 2.36. The minimum atomic E-state index is 0.178. The highest BCUT2D eigenvalue weighted by Gasteiger charge is 2.14. The van der Waals surface area contributed by atoms with Gasteiger partial charge in [-0.2, -0.15) is 9.97 Å². The number of aromatic nitrogens is 3. The first-order valence-electron chi connectivity index (χ1n) is 5.34. The Morgan fingerprint density at radius 1 is 1.17 bits per heavy atom. The van der Waals surface area contributed by atoms with E-state index in [1.54, 1.807) is 20.1 Å². The first-order valence-corrected chi connectivity index (χ1v) is 5.71. The van der Waals surface area contributed by atoms with Crippen LogP contribution in [0, 0.1) is 13.8 Å². The number of nitrogens with two attached hydrogens (primary N) is 1. The average molecular weight is 265 g/mol. The zero-order valence-electron chi connectivity index (χ0n) is 10.4. The zero-order valence-corrected chi connectivity index (χ0v) is 11.1. The van der Waals surface area contributed by atoms with Crippen molar-refractivity contribution >= 4 is 17.5 Å². The van der Waals surface area contributed by atoms with E-state index in [9.17, 15) is 0 Å². The maximum atomic E-state index is 6.05. The van der Waals surface area contributed by atoms with Crippen LogP contribution >= 0.6 is 11.6 Å². The Balaban J connectivity index is 2.69. The number of nitrogen functional groups attached to an aromatic ring is 1. The molecule has 18 heavy (non-hydrogen) atoms. The summed E-state index contributed by atoms with van der Waals surface area (Å²) in [5.74, 6) is 1.88. The van der Waals surface area contributed by atoms with Crippen molar-refractivity contribution in [3.8, 4) is 17.1 Å². The van der Waals surface area contributed by atoms with Crippen LogP contribution < -0.4 is 10.5 Å². The Bertz CT molecular complexity index is 581. The van der Waals surface area contributed by atoms with Crippen molar-refractivity contribution in [2.75, 3.05) is 12.8 Å². The fourth-order valence-corrected chi connectivity index (χ4v) is 2.06. The predicted octanol–water partition coefficient (Wildman–Crippen LogP) is 2.40. The standard InChI is InChI=1S/C12H13ClN4O/c1-6-4-8(13)5-9(10(6)18-3)11-15-7(2)16-12(14)17-11/h4-5H,1-3H3,(H2,14,15,16,17). The number of nitrogens with zero attached hydrogens (tertiary/aromatic N) is 3. The minimum Gasteiger partial charge on any atom is -0.496 e. The number of aryl methyl sites for hydroxylation is 2. The summed E-state index contributed by atoms with van der Waals surface area (Å²) >= 11 is 6.05. The second-order valence-electron chi connectivity index (χ2n) is 3.87. The maximum Gasteiger partial charge on any atom is 0.223 e. The van der Waals surface area contributed by atoms with E-state index in [0.29, 0.717) is 28.0 Å². The average Bonchev–Trinajstić information content (AvgIpc) is 2.26. The van der Waals surface area contributed by atoms with Gasteiger partial charge in [-0.1, -0.05) is 11.6 Å². The van der Waals surface area contributed by atoms with Gasteiger partial charge in [-0.15, -0.1) is 0 Å². The molecule has 2 aromatic rings. The lowest BCUT2D eigenvalue weighted by Gasteiger charge is -2.11. The second-order valence-corrected chi connectivity index (χ2v) is 4.30. The Hall–Kier alpha value is -1.88. The molecule has 0 aliphatic carbocycles. The molecule has 0 aliphatic rings. The predicted molar refractivity (Wildman–Crippen MR) is 70.7 cm³/mol. The van der Waals surface area contributed by atoms with Crippen LogP contribution in [0.1, 0.15) is 11.4 Å². The molecule has 1 aromatic carbocycles. The summed E-state index contributed by atoms with van der Waals surface area (Å²) in [5.41, 5.74) is 7.25. The van der Waals surface area contributed by atoms with Gasteiger partial charge < -0.3 is 10.5 Å². The highest BCUT2D eigenvalue weighted by atomic mass is 35.5. The molecule has 0 atom stereocenters. The van der Waals surface area contributed by atoms with Gasteiger partial charge in [0, 0.05) is 5.02 Å². The lowest BCUT2D eigenvalue weighted by molar-refractivity contribution is 0.413. The van der Waals surface area contributed by atoms with Gasteiger partial charge in [0.25, 0.3) is 0 Å². The van der Waals surface area contributed by atoms with Crippen molar-refractivity contribution in [3.63, 3.8) is 0 Å². The highest BCUT2D eigenvalue weighted by Crippen LogP contribution is 2.33. The summed E-state index contributed by atoms with van der Waals surface area (Å²) in [4.78, 5) is 12.3. The number of anilines is 1. The third-order valence-corrected chi connectivity index (χ3v) is 2.67. The molecular formula is C12H13ClN4O. The van der Waals surface area contributed by atoms with E-state index in [1.807, 2.05) is 13.0 Å². The lowest BCUT2D eigenvalue weighted by Crippen LogP contribution is -2.03. The molecule has 0 spiro atoms. The first-order chi connectivity index (χ1) is 8.51. The van der Waals surface area contributed by atoms with Crippen LogP contribution in [-0.2, 0) is 0 Å². The number of ether oxygens (including phenoxy) is 1. The van der Waals surface area contributed by atoms with Gasteiger partial charge in [0.15, 0.2) is 5.82 Å². The SMILES string of the molecule is COc1c(C)cc(Cl)cc1-c1nc(C)nc(N)n1. The number of methoxy groups -OCH3 is 1. The van der Waals surface area contributed by atoms with E-state index < -0.39 is 0 Å². The van der Waals surface area contributed by atoms with E-state index >= 15 is 0 Å². The summed E-state index contributed by atoms with van der Waals surface area (Å²) in [5, 5.41) is 0.597. The molecule has 0 saturated heterocycles. The summed E-state index contributed by atoms with van der Waals surface area (Å²) in [7, 11) is 1.59. The summed E-state index contributed by atoms with van der Waals surface area (Å²) in [6, 6.07) is 3.57. The van der Waals surface area contributed by atoms with Gasteiger partial charge in [-0.25, -0.2) is 4.98 Å². The van der Waals surface area contributed by atoms with Crippen molar-refractivity contribution in [3.05, 3.63) is 28.5 Å². The minimum absolute atomic E-state index is 0.178. The summed E-state index contributed by atoms with van der Waals surface area (Å²) in [6.45, 7) is 3.66. The molecule has 0 fully saturated rings. The first kappa shape index (κ1) is 12.6. The molecule has 2 rings (SSSR count). The monoisotopic (exact) mass is 264 g/mol. The van der Waals surface area contributed by atoms with Gasteiger partial charge in [-0.05, 0) is 31.5 Å². The summed E-state index contributed by atoms with van der Waals surface area (Å²) in [6.07, 6.45) is 0. The molecule has 94 valence electrons. The van der Waals surface area contributed by atoms with Crippen LogP contribution in [-0.4, -0.2) is 22.1 Å². The highest BCUT2D eigenvalue weighted by molar-refractivity contribution is 6.31. The molecule has 1 aromatic heterocycles. The van der Waals surface area contributed by atoms with Crippen molar-refractivity contribution in [2.45, 2.75) is 13.8 Å². The van der Waals surface area contributed by atoms with E-state index in [1.165, 1.54) is 0 Å². The van der Waals surface area contributed by atoms with Gasteiger partial charge >= 0.3 is 0 Å². The normalized spacial score (nSPS) is 10.4. The van der Waals surface area contributed by atoms with Crippen LogP contribution in [0.3, 0.4) is 0 Å². The third-order valence-electron chi connectivity index (χ3n) is 2.45. The van der Waals surface area contributed by atoms with Gasteiger partial charge in [-0.3, -0.25) is 0 Å². The van der Waals surface area contributed by atoms with Crippen LogP contribution in [0.5, 0.6) is 5.75 Å². The van der Waals surface area contributed by atoms with Gasteiger partial charge in [0.05, 0.1) is 12.7 Å². The fraction of sp³-hybridized carbons (Fsp3) is 0.250. The molecule has 5 nitrogen and oxygen atoms in total. The van der Waals surface area contributed by atoms with Crippen molar-refractivity contribution in [1.29, 1.82) is 0 Å². The Kier molecular flexibility index (Phi) is 3.34. The molecule has 6 heteroatoms. The number of halogens is 1. The molecule has 0 amide bonds. The van der Waals surface area contributed by atoms with Crippen LogP contribution in [0.4, 0.5) is 5.95 Å². The molecule has 0 saturated carbocycles. The maximum absolute atomic E-state index is 6.05. The number of rotatable bonds is 2. The Morgan fingerprint density at radius 3 is 2.50 bits per heavy atom. The molecular weight excluding hydrogens is 252 g/mol. The fourth-order valence-electron chi connectivity index (χ4n) is 1.79. The number of hydrogen-bond donors (Lipinski definition) is 1. The summed E-state index contributed by atoms with van der Waals surface area (Å²) < 4.78 is 5.37. The largest absolute Gasteiger partial charge is 0.496 e. The Labute approximate surface area is 110 Å². The zero-order chi connectivity index (χ0) is 13.3. The molecule has 0 aliphatic heterocycles. The molecule has 2 N–H and O–H groups in total. The van der Waals surface area contributed by atoms with Crippen LogP contribution in [0.2, 0.25) is 5.02 Å². The van der Waals surface area contributed by atoms with E-state index in [2.05, 4.69) is 15.0 Å². The number of benzene rings is 1. The molecule has 0 radical (unpaired) electrons. The van der Waals surface area contributed by atoms with E-state index in [4.69, 9.17) is 22.1 Å². The van der Waals surface area contributed by atoms with E-state index in [0.717, 1.165) is 5.56 Å².